The summed E-state index contributed by atoms with van der Waals surface area (Å²) in [6.07, 6.45) is -0.818. The molecule has 0 saturated carbocycles. The Morgan fingerprint density at radius 1 is 0.957 bits per heavy atom. The summed E-state index contributed by atoms with van der Waals surface area (Å²) >= 11 is 17.9. The van der Waals surface area contributed by atoms with E-state index >= 15 is 0 Å². The summed E-state index contributed by atoms with van der Waals surface area (Å²) in [6, 6.07) is 9.64. The van der Waals surface area contributed by atoms with Crippen LogP contribution < -0.4 is 9.47 Å². The van der Waals surface area contributed by atoms with E-state index in [0.29, 0.717) is 32.3 Å². The van der Waals surface area contributed by atoms with Crippen LogP contribution in [0.2, 0.25) is 15.1 Å². The zero-order valence-electron chi connectivity index (χ0n) is 12.3. The van der Waals surface area contributed by atoms with Crippen LogP contribution >= 0.6 is 34.8 Å². The van der Waals surface area contributed by atoms with E-state index in [4.69, 9.17) is 44.3 Å². The van der Waals surface area contributed by atoms with Crippen LogP contribution in [-0.2, 0) is 9.53 Å². The highest BCUT2D eigenvalue weighted by molar-refractivity contribution is 6.35. The quantitative estimate of drug-likeness (QED) is 0.658. The van der Waals surface area contributed by atoms with Gasteiger partial charge in [-0.1, -0.05) is 34.8 Å². The molecule has 2 rings (SSSR count). The normalized spacial score (nSPS) is 11.7. The first-order valence-electron chi connectivity index (χ1n) is 6.57. The van der Waals surface area contributed by atoms with Crippen molar-refractivity contribution in [2.45, 2.75) is 13.0 Å². The number of hydrogen-bond acceptors (Lipinski definition) is 4. The highest BCUT2D eigenvalue weighted by Crippen LogP contribution is 2.38. The summed E-state index contributed by atoms with van der Waals surface area (Å²) in [7, 11) is 1.28. The van der Waals surface area contributed by atoms with E-state index in [1.807, 2.05) is 0 Å². The Labute approximate surface area is 148 Å². The van der Waals surface area contributed by atoms with Gasteiger partial charge in [-0.2, -0.15) is 0 Å². The van der Waals surface area contributed by atoms with Crippen LogP contribution in [0.3, 0.4) is 0 Å². The first-order valence-corrected chi connectivity index (χ1v) is 7.71. The van der Waals surface area contributed by atoms with Crippen LogP contribution in [-0.4, -0.2) is 19.2 Å². The Morgan fingerprint density at radius 2 is 1.57 bits per heavy atom. The van der Waals surface area contributed by atoms with Crippen molar-refractivity contribution in [2.75, 3.05) is 7.11 Å². The molecule has 0 fully saturated rings. The highest BCUT2D eigenvalue weighted by Gasteiger charge is 2.18. The van der Waals surface area contributed by atoms with Crippen molar-refractivity contribution in [2.24, 2.45) is 0 Å². The minimum atomic E-state index is -0.818. The van der Waals surface area contributed by atoms with Gasteiger partial charge in [-0.3, -0.25) is 0 Å². The summed E-state index contributed by atoms with van der Waals surface area (Å²) in [6.45, 7) is 1.56. The van der Waals surface area contributed by atoms with E-state index in [-0.39, 0.29) is 0 Å². The molecule has 0 aromatic heterocycles. The van der Waals surface area contributed by atoms with E-state index in [1.165, 1.54) is 7.11 Å². The van der Waals surface area contributed by atoms with Crippen molar-refractivity contribution in [3.8, 4) is 17.2 Å². The summed E-state index contributed by atoms with van der Waals surface area (Å²) in [4.78, 5) is 11.5. The molecule has 0 aliphatic rings. The van der Waals surface area contributed by atoms with Gasteiger partial charge < -0.3 is 14.2 Å². The minimum absolute atomic E-state index is 0.293. The van der Waals surface area contributed by atoms with Crippen LogP contribution in [0.4, 0.5) is 0 Å². The summed E-state index contributed by atoms with van der Waals surface area (Å²) in [5.41, 5.74) is 0. The van der Waals surface area contributed by atoms with Crippen molar-refractivity contribution in [3.63, 3.8) is 0 Å². The van der Waals surface area contributed by atoms with Crippen molar-refractivity contribution in [3.05, 3.63) is 51.5 Å². The number of carbonyl (C=O) groups excluding carboxylic acids is 1. The molecule has 1 atom stereocenters. The molecule has 0 N–H and O–H groups in total. The number of halogens is 3. The van der Waals surface area contributed by atoms with Gasteiger partial charge in [0.25, 0.3) is 0 Å². The van der Waals surface area contributed by atoms with Gasteiger partial charge in [-0.05, 0) is 37.3 Å². The second-order valence-corrected chi connectivity index (χ2v) is 5.83. The maximum Gasteiger partial charge on any atom is 0.346 e. The van der Waals surface area contributed by atoms with Crippen LogP contribution in [0.5, 0.6) is 17.2 Å². The molecule has 0 heterocycles. The van der Waals surface area contributed by atoms with Crippen molar-refractivity contribution < 1.29 is 19.0 Å². The molecule has 0 amide bonds. The number of hydrogen-bond donors (Lipinski definition) is 0. The van der Waals surface area contributed by atoms with E-state index in [9.17, 15) is 4.79 Å². The predicted molar refractivity (Wildman–Crippen MR) is 90.1 cm³/mol. The highest BCUT2D eigenvalue weighted by atomic mass is 35.5. The third kappa shape index (κ3) is 4.67. The fourth-order valence-corrected chi connectivity index (χ4v) is 2.35. The monoisotopic (exact) mass is 374 g/mol. The predicted octanol–water partition coefficient (Wildman–Crippen LogP) is 5.38. The van der Waals surface area contributed by atoms with E-state index in [2.05, 4.69) is 4.74 Å². The lowest BCUT2D eigenvalue weighted by atomic mass is 10.3. The Kier molecular flexibility index (Phi) is 5.99. The molecule has 0 unspecified atom stereocenters. The van der Waals surface area contributed by atoms with Crippen LogP contribution in [0.1, 0.15) is 6.92 Å². The molecule has 7 heteroatoms. The molecule has 2 aromatic carbocycles. The second kappa shape index (κ2) is 7.77. The Morgan fingerprint density at radius 3 is 2.17 bits per heavy atom. The third-order valence-electron chi connectivity index (χ3n) is 2.86. The average molecular weight is 376 g/mol. The molecular weight excluding hydrogens is 363 g/mol. The lowest BCUT2D eigenvalue weighted by molar-refractivity contribution is -0.147. The first kappa shape index (κ1) is 17.7. The molecule has 0 aliphatic carbocycles. The van der Waals surface area contributed by atoms with Crippen molar-refractivity contribution in [1.29, 1.82) is 0 Å². The topological polar surface area (TPSA) is 44.8 Å². The summed E-state index contributed by atoms with van der Waals surface area (Å²) < 4.78 is 15.9. The number of methoxy groups -OCH3 is 1. The molecule has 0 spiro atoms. The van der Waals surface area contributed by atoms with Gasteiger partial charge >= 0.3 is 5.97 Å². The summed E-state index contributed by atoms with van der Waals surface area (Å²) in [5, 5.41) is 1.28. The van der Waals surface area contributed by atoms with Gasteiger partial charge in [-0.25, -0.2) is 4.79 Å². The molecule has 23 heavy (non-hydrogen) atoms. The van der Waals surface area contributed by atoms with Gasteiger partial charge in [0.2, 0.25) is 0 Å². The van der Waals surface area contributed by atoms with Crippen molar-refractivity contribution >= 4 is 40.8 Å². The summed E-state index contributed by atoms with van der Waals surface area (Å²) in [5.74, 6) is 0.533. The standard InChI is InChI=1S/C16H13Cl3O4/c1-9(16(20)21-2)22-15-8-11(18)4-6-14(15)23-13-5-3-10(17)7-12(13)19/h3-9H,1-2H3/t9-/m1/s1. The zero-order chi connectivity index (χ0) is 17.0. The van der Waals surface area contributed by atoms with E-state index in [1.54, 1.807) is 43.3 Å². The van der Waals surface area contributed by atoms with Gasteiger partial charge in [0, 0.05) is 16.1 Å². The Balaban J connectivity index is 2.29. The molecule has 0 bridgehead atoms. The maximum absolute atomic E-state index is 11.5. The Hall–Kier alpha value is -1.62. The lowest BCUT2D eigenvalue weighted by Crippen LogP contribution is -2.25. The number of rotatable bonds is 5. The van der Waals surface area contributed by atoms with Crippen molar-refractivity contribution in [1.82, 2.24) is 0 Å². The van der Waals surface area contributed by atoms with Gasteiger partial charge in [0.1, 0.15) is 5.75 Å². The largest absolute Gasteiger partial charge is 0.475 e. The van der Waals surface area contributed by atoms with E-state index in [0.717, 1.165) is 0 Å². The fraction of sp³-hybridized carbons (Fsp3) is 0.188. The molecule has 4 nitrogen and oxygen atoms in total. The molecule has 0 radical (unpaired) electrons. The SMILES string of the molecule is COC(=O)[C@@H](C)Oc1cc(Cl)ccc1Oc1ccc(Cl)cc1Cl. The minimum Gasteiger partial charge on any atom is -0.475 e. The van der Waals surface area contributed by atoms with Crippen LogP contribution in [0, 0.1) is 0 Å². The van der Waals surface area contributed by atoms with Gasteiger partial charge in [0.15, 0.2) is 17.6 Å². The second-order valence-electron chi connectivity index (χ2n) is 4.55. The van der Waals surface area contributed by atoms with Gasteiger partial charge in [-0.15, -0.1) is 0 Å². The third-order valence-corrected chi connectivity index (χ3v) is 3.62. The average Bonchev–Trinajstić information content (AvgIpc) is 2.51. The zero-order valence-corrected chi connectivity index (χ0v) is 14.6. The number of esters is 1. The number of benzene rings is 2. The number of carbonyl (C=O) groups is 1. The molecule has 2 aromatic rings. The van der Waals surface area contributed by atoms with Crippen LogP contribution in [0.15, 0.2) is 36.4 Å². The van der Waals surface area contributed by atoms with E-state index < -0.39 is 12.1 Å². The smallest absolute Gasteiger partial charge is 0.346 e. The lowest BCUT2D eigenvalue weighted by Gasteiger charge is -2.16. The Bertz CT molecular complexity index is 718. The van der Waals surface area contributed by atoms with Crippen LogP contribution in [0.25, 0.3) is 0 Å². The molecule has 122 valence electrons. The number of ether oxygens (including phenoxy) is 3. The maximum atomic E-state index is 11.5. The fourth-order valence-electron chi connectivity index (χ4n) is 1.74. The molecule has 0 saturated heterocycles. The molecular formula is C16H13Cl3O4. The molecule has 0 aliphatic heterocycles. The first-order chi connectivity index (χ1) is 10.9. The van der Waals surface area contributed by atoms with Gasteiger partial charge in [0.05, 0.1) is 12.1 Å².